The van der Waals surface area contributed by atoms with Gasteiger partial charge < -0.3 is 4.98 Å². The number of H-pyrrole nitrogens is 1. The molecule has 1 aliphatic carbocycles. The molecule has 2 atom stereocenters. The van der Waals surface area contributed by atoms with E-state index >= 15 is 0 Å². The van der Waals surface area contributed by atoms with Gasteiger partial charge in [0, 0.05) is 11.2 Å². The first kappa shape index (κ1) is 19.8. The Morgan fingerprint density at radius 3 is 2.48 bits per heavy atom. The summed E-state index contributed by atoms with van der Waals surface area (Å²) in [5, 5.41) is 10.7. The van der Waals surface area contributed by atoms with E-state index in [2.05, 4.69) is 0 Å². The SMILES string of the molecule is O=[N+]([O-])c1c(C2=CC(Cl)C(Cl)(c3ccccc3Cl)C=C2)c[nH]c1C(F)(F)F. The molecule has 1 aliphatic rings. The van der Waals surface area contributed by atoms with Gasteiger partial charge in [0.1, 0.15) is 4.87 Å². The van der Waals surface area contributed by atoms with Gasteiger partial charge in [0.05, 0.1) is 15.9 Å². The fraction of sp³-hybridized carbons (Fsp3) is 0.176. The quantitative estimate of drug-likeness (QED) is 0.348. The highest BCUT2D eigenvalue weighted by atomic mass is 35.5. The zero-order valence-electron chi connectivity index (χ0n) is 13.2. The number of nitrogens with one attached hydrogen (secondary N) is 1. The average Bonchev–Trinajstić information content (AvgIpc) is 3.03. The van der Waals surface area contributed by atoms with Crippen LogP contribution >= 0.6 is 34.8 Å². The van der Waals surface area contributed by atoms with E-state index in [1.54, 1.807) is 24.3 Å². The molecule has 10 heteroatoms. The highest BCUT2D eigenvalue weighted by Crippen LogP contribution is 2.47. The predicted molar refractivity (Wildman–Crippen MR) is 98.2 cm³/mol. The molecule has 2 unspecified atom stereocenters. The van der Waals surface area contributed by atoms with Gasteiger partial charge in [-0.1, -0.05) is 48.0 Å². The number of benzene rings is 1. The van der Waals surface area contributed by atoms with Gasteiger partial charge in [-0.3, -0.25) is 10.1 Å². The Hall–Kier alpha value is -1.96. The largest absolute Gasteiger partial charge is 0.438 e. The number of nitrogens with zero attached hydrogens (tertiary/aromatic N) is 1. The second-order valence-electron chi connectivity index (χ2n) is 5.79. The Labute approximate surface area is 166 Å². The van der Waals surface area contributed by atoms with Gasteiger partial charge in [-0.05, 0) is 17.2 Å². The van der Waals surface area contributed by atoms with Crippen molar-refractivity contribution in [2.75, 3.05) is 0 Å². The minimum atomic E-state index is -4.90. The van der Waals surface area contributed by atoms with Crippen LogP contribution in [0.1, 0.15) is 16.8 Å². The third kappa shape index (κ3) is 3.47. The molecule has 0 bridgehead atoms. The van der Waals surface area contributed by atoms with Crippen molar-refractivity contribution in [3.8, 4) is 0 Å². The number of hydrogen-bond acceptors (Lipinski definition) is 2. The van der Waals surface area contributed by atoms with Crippen LogP contribution in [0.5, 0.6) is 0 Å². The van der Waals surface area contributed by atoms with E-state index < -0.39 is 32.7 Å². The molecule has 0 saturated carbocycles. The Kier molecular flexibility index (Phi) is 5.05. The molecule has 142 valence electrons. The Bertz CT molecular complexity index is 969. The van der Waals surface area contributed by atoms with Crippen molar-refractivity contribution in [1.29, 1.82) is 0 Å². The average molecular weight is 438 g/mol. The van der Waals surface area contributed by atoms with Gasteiger partial charge in [-0.15, -0.1) is 23.2 Å². The minimum absolute atomic E-state index is 0.150. The van der Waals surface area contributed by atoms with Crippen LogP contribution in [-0.2, 0) is 11.1 Å². The van der Waals surface area contributed by atoms with Gasteiger partial charge in [0.15, 0.2) is 5.69 Å². The lowest BCUT2D eigenvalue weighted by Crippen LogP contribution is -2.29. The second kappa shape index (κ2) is 6.89. The van der Waals surface area contributed by atoms with Crippen molar-refractivity contribution in [2.24, 2.45) is 0 Å². The van der Waals surface area contributed by atoms with Gasteiger partial charge >= 0.3 is 11.9 Å². The molecule has 0 saturated heterocycles. The van der Waals surface area contributed by atoms with E-state index in [0.717, 1.165) is 6.20 Å². The number of halogens is 6. The van der Waals surface area contributed by atoms with E-state index in [-0.39, 0.29) is 11.1 Å². The lowest BCUT2D eigenvalue weighted by Gasteiger charge is -2.31. The summed E-state index contributed by atoms with van der Waals surface area (Å²) >= 11 is 19.2. The third-order valence-electron chi connectivity index (χ3n) is 4.15. The fourth-order valence-corrected chi connectivity index (χ4v) is 3.83. The summed E-state index contributed by atoms with van der Waals surface area (Å²) < 4.78 is 39.1. The summed E-state index contributed by atoms with van der Waals surface area (Å²) in [6, 6.07) is 6.73. The van der Waals surface area contributed by atoms with Gasteiger partial charge in [0.2, 0.25) is 0 Å². The molecule has 2 aromatic rings. The monoisotopic (exact) mass is 436 g/mol. The highest BCUT2D eigenvalue weighted by molar-refractivity contribution is 6.37. The Morgan fingerprint density at radius 2 is 1.93 bits per heavy atom. The minimum Gasteiger partial charge on any atom is -0.351 e. The van der Waals surface area contributed by atoms with Crippen LogP contribution in [0, 0.1) is 10.1 Å². The molecule has 3 rings (SSSR count). The maximum Gasteiger partial charge on any atom is 0.438 e. The van der Waals surface area contributed by atoms with Gasteiger partial charge in [-0.25, -0.2) is 0 Å². The first-order valence-corrected chi connectivity index (χ1v) is 8.67. The molecule has 0 amide bonds. The van der Waals surface area contributed by atoms with Gasteiger partial charge in [-0.2, -0.15) is 13.2 Å². The standard InChI is InChI=1S/C17H10Cl3F3N2O2/c18-12-4-2-1-3-11(12)16(20)6-5-9(7-13(16)19)10-8-24-15(17(21,22)23)14(10)25(26)27/h1-8,13,24H. The van der Waals surface area contributed by atoms with Crippen molar-refractivity contribution >= 4 is 46.1 Å². The van der Waals surface area contributed by atoms with Crippen LogP contribution in [0.15, 0.2) is 48.7 Å². The maximum absolute atomic E-state index is 13.0. The van der Waals surface area contributed by atoms with E-state index in [4.69, 9.17) is 34.8 Å². The van der Waals surface area contributed by atoms with Crippen molar-refractivity contribution in [2.45, 2.75) is 16.4 Å². The van der Waals surface area contributed by atoms with Crippen LogP contribution in [0.25, 0.3) is 5.57 Å². The zero-order chi connectivity index (χ0) is 20.0. The number of alkyl halides is 5. The number of aromatic nitrogens is 1. The molecule has 1 aromatic heterocycles. The highest BCUT2D eigenvalue weighted by Gasteiger charge is 2.44. The summed E-state index contributed by atoms with van der Waals surface area (Å²) in [5.74, 6) is 0. The number of hydrogen-bond donors (Lipinski definition) is 1. The van der Waals surface area contributed by atoms with E-state index in [0.29, 0.717) is 10.6 Å². The lowest BCUT2D eigenvalue weighted by molar-refractivity contribution is -0.388. The summed E-state index contributed by atoms with van der Waals surface area (Å²) in [6.45, 7) is 0. The van der Waals surface area contributed by atoms with Gasteiger partial charge in [0.25, 0.3) is 0 Å². The van der Waals surface area contributed by atoms with Crippen molar-refractivity contribution in [1.82, 2.24) is 4.98 Å². The molecule has 1 aromatic carbocycles. The molecule has 27 heavy (non-hydrogen) atoms. The van der Waals surface area contributed by atoms with Crippen LogP contribution in [-0.4, -0.2) is 15.3 Å². The number of rotatable bonds is 3. The van der Waals surface area contributed by atoms with Crippen LogP contribution in [0.3, 0.4) is 0 Å². The van der Waals surface area contributed by atoms with E-state index in [9.17, 15) is 23.3 Å². The molecular formula is C17H10Cl3F3N2O2. The Morgan fingerprint density at radius 1 is 1.26 bits per heavy atom. The van der Waals surface area contributed by atoms with Crippen molar-refractivity contribution in [3.63, 3.8) is 0 Å². The number of nitro groups is 1. The molecule has 0 aliphatic heterocycles. The van der Waals surface area contributed by atoms with E-state index in [1.807, 2.05) is 4.98 Å². The molecule has 0 radical (unpaired) electrons. The van der Waals surface area contributed by atoms with Crippen molar-refractivity contribution in [3.05, 3.63) is 80.6 Å². The summed E-state index contributed by atoms with van der Waals surface area (Å²) in [6.07, 6.45) is 0.262. The second-order valence-corrected chi connectivity index (χ2v) is 7.29. The first-order valence-electron chi connectivity index (χ1n) is 7.48. The third-order valence-corrected chi connectivity index (χ3v) is 5.63. The smallest absolute Gasteiger partial charge is 0.351 e. The predicted octanol–water partition coefficient (Wildman–Crippen LogP) is 6.29. The first-order chi connectivity index (χ1) is 12.6. The molecule has 0 fully saturated rings. The number of allylic oxidation sites excluding steroid dienone is 4. The molecule has 1 N–H and O–H groups in total. The Balaban J connectivity index is 2.06. The molecule has 4 nitrogen and oxygen atoms in total. The topological polar surface area (TPSA) is 58.9 Å². The fourth-order valence-electron chi connectivity index (χ4n) is 2.87. The van der Waals surface area contributed by atoms with Crippen LogP contribution in [0.4, 0.5) is 18.9 Å². The summed E-state index contributed by atoms with van der Waals surface area (Å²) in [5.41, 5.74) is -2.07. The molecule has 0 spiro atoms. The number of aromatic amines is 1. The zero-order valence-corrected chi connectivity index (χ0v) is 15.5. The molecule has 1 heterocycles. The normalized spacial score (nSPS) is 22.6. The lowest BCUT2D eigenvalue weighted by atomic mass is 9.87. The summed E-state index contributed by atoms with van der Waals surface area (Å²) in [7, 11) is 0. The summed E-state index contributed by atoms with van der Waals surface area (Å²) in [4.78, 5) is 10.8. The van der Waals surface area contributed by atoms with E-state index in [1.165, 1.54) is 18.2 Å². The van der Waals surface area contributed by atoms with Crippen LogP contribution in [0.2, 0.25) is 5.02 Å². The molecular weight excluding hydrogens is 428 g/mol. The maximum atomic E-state index is 13.0. The van der Waals surface area contributed by atoms with Crippen molar-refractivity contribution < 1.29 is 18.1 Å². The van der Waals surface area contributed by atoms with Crippen LogP contribution < -0.4 is 0 Å².